The third kappa shape index (κ3) is 4.17. The van der Waals surface area contributed by atoms with E-state index in [0.29, 0.717) is 0 Å². The van der Waals surface area contributed by atoms with Crippen LogP contribution in [0, 0.1) is 23.3 Å². The quantitative estimate of drug-likeness (QED) is 0.400. The second kappa shape index (κ2) is 8.05. The summed E-state index contributed by atoms with van der Waals surface area (Å²) in [7, 11) is 0. The van der Waals surface area contributed by atoms with Crippen LogP contribution in [0.1, 0.15) is 0 Å². The Hall–Kier alpha value is -3.13. The molecule has 0 aliphatic rings. The lowest BCUT2D eigenvalue weighted by Crippen LogP contribution is -3.00. The van der Waals surface area contributed by atoms with Gasteiger partial charge in [0, 0.05) is 23.5 Å². The Balaban J connectivity index is 0.00000261. The van der Waals surface area contributed by atoms with Gasteiger partial charge in [0.15, 0.2) is 0 Å². The van der Waals surface area contributed by atoms with Crippen LogP contribution in [0.25, 0.3) is 0 Å². The molecule has 0 saturated heterocycles. The molecule has 0 radical (unpaired) electrons. The van der Waals surface area contributed by atoms with Crippen LogP contribution in [0.15, 0.2) is 48.5 Å². The van der Waals surface area contributed by atoms with E-state index < -0.39 is 34.8 Å². The summed E-state index contributed by atoms with van der Waals surface area (Å²) in [6.07, 6.45) is 0. The number of ether oxygens (including phenoxy) is 2. The van der Waals surface area contributed by atoms with Crippen LogP contribution in [0.3, 0.4) is 0 Å². The predicted molar refractivity (Wildman–Crippen MR) is 88.1 cm³/mol. The molecule has 3 aromatic rings. The van der Waals surface area contributed by atoms with Gasteiger partial charge in [-0.15, -0.1) is 0 Å². The Morgan fingerprint density at radius 2 is 0.926 bits per heavy atom. The number of anilines is 2. The van der Waals surface area contributed by atoms with Crippen LogP contribution in [0.5, 0.6) is 23.0 Å². The summed E-state index contributed by atoms with van der Waals surface area (Å²) >= 11 is 0. The molecular weight excluding hydrogens is 388 g/mol. The standard InChI is InChI=1S/C18H12F4N2O2.ClH/c19-13-15(21)18(26-12-6-2-4-10(24)8-12)16(22)14(20)17(13)25-11-5-1-3-9(23)7-11;/h1-8H,23-24H2;1H/p-1. The molecule has 0 fully saturated rings. The van der Waals surface area contributed by atoms with Gasteiger partial charge < -0.3 is 33.3 Å². The summed E-state index contributed by atoms with van der Waals surface area (Å²) in [5, 5.41) is 0. The average Bonchev–Trinajstić information content (AvgIpc) is 2.61. The van der Waals surface area contributed by atoms with E-state index in [1.54, 1.807) is 0 Å². The molecular formula is C18H12ClF4N2O2-. The van der Waals surface area contributed by atoms with Gasteiger partial charge in [-0.25, -0.2) is 0 Å². The van der Waals surface area contributed by atoms with Gasteiger partial charge in [-0.2, -0.15) is 17.6 Å². The Morgan fingerprint density at radius 3 is 1.22 bits per heavy atom. The van der Waals surface area contributed by atoms with Crippen molar-refractivity contribution in [2.75, 3.05) is 11.5 Å². The highest BCUT2D eigenvalue weighted by molar-refractivity contribution is 5.48. The van der Waals surface area contributed by atoms with E-state index in [-0.39, 0.29) is 35.3 Å². The summed E-state index contributed by atoms with van der Waals surface area (Å²) in [5.41, 5.74) is 11.5. The number of benzene rings is 3. The monoisotopic (exact) mass is 399 g/mol. The normalized spacial score (nSPS) is 10.2. The van der Waals surface area contributed by atoms with Gasteiger partial charge in [-0.1, -0.05) is 12.1 Å². The van der Waals surface area contributed by atoms with Crippen molar-refractivity contribution < 1.29 is 39.4 Å². The van der Waals surface area contributed by atoms with Crippen molar-refractivity contribution in [1.82, 2.24) is 0 Å². The Kier molecular flexibility index (Phi) is 6.02. The Labute approximate surface area is 157 Å². The average molecular weight is 400 g/mol. The lowest BCUT2D eigenvalue weighted by Gasteiger charge is -2.14. The maximum Gasteiger partial charge on any atom is 0.208 e. The van der Waals surface area contributed by atoms with Crippen LogP contribution >= 0.6 is 0 Å². The summed E-state index contributed by atoms with van der Waals surface area (Å²) in [4.78, 5) is 0. The molecule has 3 rings (SSSR count). The Bertz CT molecular complexity index is 878. The third-order valence-corrected chi connectivity index (χ3v) is 3.34. The van der Waals surface area contributed by atoms with E-state index in [0.717, 1.165) is 0 Å². The fourth-order valence-electron chi connectivity index (χ4n) is 2.16. The van der Waals surface area contributed by atoms with Crippen molar-refractivity contribution in [3.05, 3.63) is 71.8 Å². The van der Waals surface area contributed by atoms with Gasteiger partial charge in [0.2, 0.25) is 34.8 Å². The van der Waals surface area contributed by atoms with Crippen molar-refractivity contribution >= 4 is 11.4 Å². The smallest absolute Gasteiger partial charge is 0.208 e. The molecule has 142 valence electrons. The number of hydrogen-bond donors (Lipinski definition) is 2. The van der Waals surface area contributed by atoms with Gasteiger partial charge in [-0.3, -0.25) is 0 Å². The van der Waals surface area contributed by atoms with E-state index in [1.165, 1.54) is 48.5 Å². The lowest BCUT2D eigenvalue weighted by atomic mass is 10.2. The molecule has 0 spiro atoms. The van der Waals surface area contributed by atoms with Crippen LogP contribution < -0.4 is 33.3 Å². The highest BCUT2D eigenvalue weighted by Gasteiger charge is 2.29. The van der Waals surface area contributed by atoms with Gasteiger partial charge in [0.1, 0.15) is 11.5 Å². The van der Waals surface area contributed by atoms with E-state index in [4.69, 9.17) is 20.9 Å². The topological polar surface area (TPSA) is 70.5 Å². The molecule has 27 heavy (non-hydrogen) atoms. The molecule has 4 N–H and O–H groups in total. The summed E-state index contributed by atoms with van der Waals surface area (Å²) < 4.78 is 66.8. The van der Waals surface area contributed by atoms with Gasteiger partial charge in [-0.05, 0) is 24.3 Å². The largest absolute Gasteiger partial charge is 1.00 e. The van der Waals surface area contributed by atoms with Gasteiger partial charge >= 0.3 is 0 Å². The lowest BCUT2D eigenvalue weighted by molar-refractivity contribution is -0.00000802. The zero-order chi connectivity index (χ0) is 18.8. The maximum atomic E-state index is 14.2. The minimum atomic E-state index is -1.75. The fourth-order valence-corrected chi connectivity index (χ4v) is 2.16. The molecule has 0 unspecified atom stereocenters. The minimum Gasteiger partial charge on any atom is -1.00 e. The van der Waals surface area contributed by atoms with Crippen LogP contribution in [-0.2, 0) is 0 Å². The first-order chi connectivity index (χ1) is 12.4. The van der Waals surface area contributed by atoms with Gasteiger partial charge in [0.25, 0.3) is 0 Å². The van der Waals surface area contributed by atoms with Crippen LogP contribution in [0.4, 0.5) is 28.9 Å². The first-order valence-corrected chi connectivity index (χ1v) is 7.29. The van der Waals surface area contributed by atoms with Crippen molar-refractivity contribution in [2.45, 2.75) is 0 Å². The third-order valence-electron chi connectivity index (χ3n) is 3.34. The molecule has 0 saturated carbocycles. The molecule has 0 bridgehead atoms. The first kappa shape index (κ1) is 20.2. The minimum absolute atomic E-state index is 0. The van der Waals surface area contributed by atoms with Crippen molar-refractivity contribution in [2.24, 2.45) is 0 Å². The van der Waals surface area contributed by atoms with E-state index in [2.05, 4.69) is 0 Å². The van der Waals surface area contributed by atoms with Crippen molar-refractivity contribution in [3.8, 4) is 23.0 Å². The van der Waals surface area contributed by atoms with Crippen molar-refractivity contribution in [1.29, 1.82) is 0 Å². The summed E-state index contributed by atoms with van der Waals surface area (Å²) in [6, 6.07) is 11.0. The summed E-state index contributed by atoms with van der Waals surface area (Å²) in [6.45, 7) is 0. The number of rotatable bonds is 4. The second-order valence-electron chi connectivity index (χ2n) is 5.26. The van der Waals surface area contributed by atoms with Crippen LogP contribution in [-0.4, -0.2) is 0 Å². The fraction of sp³-hybridized carbons (Fsp3) is 0. The van der Waals surface area contributed by atoms with Crippen LogP contribution in [0.2, 0.25) is 0 Å². The Morgan fingerprint density at radius 1 is 0.593 bits per heavy atom. The van der Waals surface area contributed by atoms with Crippen molar-refractivity contribution in [3.63, 3.8) is 0 Å². The number of nitrogens with two attached hydrogens (primary N) is 2. The molecule has 4 nitrogen and oxygen atoms in total. The number of nitrogen functional groups attached to an aromatic ring is 2. The molecule has 0 aliphatic heterocycles. The first-order valence-electron chi connectivity index (χ1n) is 7.29. The zero-order valence-electron chi connectivity index (χ0n) is 13.5. The summed E-state index contributed by atoms with van der Waals surface area (Å²) in [5.74, 6) is -9.65. The predicted octanol–water partition coefficient (Wildman–Crippen LogP) is 2.00. The van der Waals surface area contributed by atoms with E-state index >= 15 is 0 Å². The number of hydrogen-bond acceptors (Lipinski definition) is 4. The molecule has 0 aromatic heterocycles. The molecule has 0 amide bonds. The molecule has 0 heterocycles. The number of halogens is 5. The van der Waals surface area contributed by atoms with E-state index in [9.17, 15) is 17.6 Å². The maximum absolute atomic E-state index is 14.2. The molecule has 0 aliphatic carbocycles. The second-order valence-corrected chi connectivity index (χ2v) is 5.26. The SMILES string of the molecule is Nc1cccc(Oc2c(F)c(F)c(Oc3cccc(N)c3)c(F)c2F)c1.[Cl-]. The molecule has 0 atom stereocenters. The van der Waals surface area contributed by atoms with Gasteiger partial charge in [0.05, 0.1) is 0 Å². The zero-order valence-corrected chi connectivity index (χ0v) is 14.2. The molecule has 9 heteroatoms. The van der Waals surface area contributed by atoms with E-state index in [1.807, 2.05) is 0 Å². The highest BCUT2D eigenvalue weighted by Crippen LogP contribution is 2.39. The highest BCUT2D eigenvalue weighted by atomic mass is 35.5. The molecule has 3 aromatic carbocycles.